The van der Waals surface area contributed by atoms with Crippen LogP contribution in [0.1, 0.15) is 27.0 Å². The van der Waals surface area contributed by atoms with Gasteiger partial charge in [0.25, 0.3) is 0 Å². The lowest BCUT2D eigenvalue weighted by Crippen LogP contribution is -2.30. The molecular weight excluding hydrogens is 248 g/mol. The van der Waals surface area contributed by atoms with Gasteiger partial charge in [0.15, 0.2) is 5.78 Å². The van der Waals surface area contributed by atoms with Gasteiger partial charge in [0.1, 0.15) is 5.84 Å². The Balaban J connectivity index is 1.75. The van der Waals surface area contributed by atoms with E-state index >= 15 is 0 Å². The zero-order valence-electron chi connectivity index (χ0n) is 11.4. The Bertz CT molecular complexity index is 674. The Morgan fingerprint density at radius 1 is 1.15 bits per heavy atom. The summed E-state index contributed by atoms with van der Waals surface area (Å²) in [6, 6.07) is 15.4. The number of carbonyl (C=O) groups is 1. The first-order chi connectivity index (χ1) is 9.65. The highest BCUT2D eigenvalue weighted by Gasteiger charge is 2.25. The SMILES string of the molecule is Cc1ccc(C(=O)CN2Cc3ccccc3C2=N)cc1. The van der Waals surface area contributed by atoms with Crippen LogP contribution in [0.25, 0.3) is 0 Å². The van der Waals surface area contributed by atoms with Crippen molar-refractivity contribution in [3.63, 3.8) is 0 Å². The number of carbonyl (C=O) groups excluding carboxylic acids is 1. The van der Waals surface area contributed by atoms with E-state index in [0.29, 0.717) is 17.9 Å². The first kappa shape index (κ1) is 12.6. The van der Waals surface area contributed by atoms with Crippen molar-refractivity contribution in [2.45, 2.75) is 13.5 Å². The summed E-state index contributed by atoms with van der Waals surface area (Å²) in [5.41, 5.74) is 3.90. The molecule has 0 amide bonds. The molecule has 20 heavy (non-hydrogen) atoms. The van der Waals surface area contributed by atoms with E-state index < -0.39 is 0 Å². The van der Waals surface area contributed by atoms with Crippen molar-refractivity contribution in [2.24, 2.45) is 0 Å². The Kier molecular flexibility index (Phi) is 3.11. The van der Waals surface area contributed by atoms with E-state index in [-0.39, 0.29) is 12.3 Å². The lowest BCUT2D eigenvalue weighted by atomic mass is 10.1. The topological polar surface area (TPSA) is 44.2 Å². The summed E-state index contributed by atoms with van der Waals surface area (Å²) < 4.78 is 0. The molecular formula is C17H16N2O. The lowest BCUT2D eigenvalue weighted by Gasteiger charge is -2.16. The van der Waals surface area contributed by atoms with Crippen LogP contribution in [-0.2, 0) is 6.54 Å². The van der Waals surface area contributed by atoms with Crippen LogP contribution >= 0.6 is 0 Å². The third kappa shape index (κ3) is 2.23. The smallest absolute Gasteiger partial charge is 0.182 e. The zero-order valence-corrected chi connectivity index (χ0v) is 11.4. The van der Waals surface area contributed by atoms with Crippen LogP contribution < -0.4 is 0 Å². The molecule has 100 valence electrons. The molecule has 3 nitrogen and oxygen atoms in total. The van der Waals surface area contributed by atoms with E-state index in [2.05, 4.69) is 0 Å². The van der Waals surface area contributed by atoms with Gasteiger partial charge in [-0.15, -0.1) is 0 Å². The Morgan fingerprint density at radius 2 is 1.85 bits per heavy atom. The van der Waals surface area contributed by atoms with Gasteiger partial charge in [0, 0.05) is 17.7 Å². The number of fused-ring (bicyclic) bond motifs is 1. The maximum Gasteiger partial charge on any atom is 0.182 e. The second-order valence-electron chi connectivity index (χ2n) is 5.15. The number of rotatable bonds is 3. The number of hydrogen-bond acceptors (Lipinski definition) is 2. The van der Waals surface area contributed by atoms with Gasteiger partial charge in [-0.05, 0) is 12.5 Å². The number of ketones is 1. The van der Waals surface area contributed by atoms with Gasteiger partial charge in [-0.1, -0.05) is 54.1 Å². The molecule has 1 N–H and O–H groups in total. The molecule has 1 aliphatic heterocycles. The highest BCUT2D eigenvalue weighted by atomic mass is 16.1. The van der Waals surface area contributed by atoms with Crippen molar-refractivity contribution in [1.29, 1.82) is 5.41 Å². The van der Waals surface area contributed by atoms with Crippen LogP contribution in [0.4, 0.5) is 0 Å². The van der Waals surface area contributed by atoms with Gasteiger partial charge >= 0.3 is 0 Å². The summed E-state index contributed by atoms with van der Waals surface area (Å²) in [5.74, 6) is 0.503. The maximum absolute atomic E-state index is 12.3. The molecule has 2 aromatic carbocycles. The molecule has 0 bridgehead atoms. The Labute approximate surface area is 118 Å². The van der Waals surface area contributed by atoms with Crippen LogP contribution in [0.15, 0.2) is 48.5 Å². The van der Waals surface area contributed by atoms with Crippen LogP contribution in [0.2, 0.25) is 0 Å². The predicted molar refractivity (Wildman–Crippen MR) is 79.2 cm³/mol. The van der Waals surface area contributed by atoms with Gasteiger partial charge in [0.05, 0.1) is 6.54 Å². The highest BCUT2D eigenvalue weighted by Crippen LogP contribution is 2.22. The number of benzene rings is 2. The van der Waals surface area contributed by atoms with Crippen LogP contribution in [0.5, 0.6) is 0 Å². The third-order valence-corrected chi connectivity index (χ3v) is 3.66. The number of nitrogens with one attached hydrogen (secondary N) is 1. The number of amidine groups is 1. The highest BCUT2D eigenvalue weighted by molar-refractivity contribution is 6.05. The monoisotopic (exact) mass is 264 g/mol. The van der Waals surface area contributed by atoms with Crippen LogP contribution in [0.3, 0.4) is 0 Å². The van der Waals surface area contributed by atoms with E-state index in [0.717, 1.165) is 16.7 Å². The van der Waals surface area contributed by atoms with Crippen molar-refractivity contribution in [2.75, 3.05) is 6.54 Å². The predicted octanol–water partition coefficient (Wildman–Crippen LogP) is 3.02. The minimum Gasteiger partial charge on any atom is -0.345 e. The van der Waals surface area contributed by atoms with Gasteiger partial charge < -0.3 is 4.90 Å². The normalized spacial score (nSPS) is 13.4. The lowest BCUT2D eigenvalue weighted by molar-refractivity contribution is 0.0962. The molecule has 2 aromatic rings. The van der Waals surface area contributed by atoms with Crippen LogP contribution in [-0.4, -0.2) is 23.1 Å². The zero-order chi connectivity index (χ0) is 14.1. The van der Waals surface area contributed by atoms with Gasteiger partial charge in [-0.3, -0.25) is 10.2 Å². The van der Waals surface area contributed by atoms with Crippen molar-refractivity contribution in [3.8, 4) is 0 Å². The summed E-state index contributed by atoms with van der Waals surface area (Å²) in [7, 11) is 0. The summed E-state index contributed by atoms with van der Waals surface area (Å²) >= 11 is 0. The number of Topliss-reactive ketones (excluding diaryl/α,β-unsaturated/α-hetero) is 1. The molecule has 3 heteroatoms. The fourth-order valence-electron chi connectivity index (χ4n) is 2.48. The van der Waals surface area contributed by atoms with E-state index in [1.807, 2.05) is 60.4 Å². The number of aryl methyl sites for hydroxylation is 1. The van der Waals surface area contributed by atoms with E-state index in [9.17, 15) is 4.79 Å². The summed E-state index contributed by atoms with van der Waals surface area (Å²) in [5, 5.41) is 8.15. The molecule has 0 aliphatic carbocycles. The second-order valence-corrected chi connectivity index (χ2v) is 5.15. The fraction of sp³-hybridized carbons (Fsp3) is 0.176. The minimum absolute atomic E-state index is 0.0579. The van der Waals surface area contributed by atoms with Gasteiger partial charge in [-0.2, -0.15) is 0 Å². The second kappa shape index (κ2) is 4.93. The van der Waals surface area contributed by atoms with E-state index in [4.69, 9.17) is 5.41 Å². The van der Waals surface area contributed by atoms with Crippen molar-refractivity contribution >= 4 is 11.6 Å². The quantitative estimate of drug-likeness (QED) is 0.866. The Morgan fingerprint density at radius 3 is 2.55 bits per heavy atom. The average molecular weight is 264 g/mol. The van der Waals surface area contributed by atoms with Crippen molar-refractivity contribution in [3.05, 3.63) is 70.8 Å². The molecule has 0 saturated carbocycles. The standard InChI is InChI=1S/C17H16N2O/c1-12-6-8-13(9-7-12)16(20)11-19-10-14-4-2-3-5-15(14)17(19)18/h2-9,18H,10-11H2,1H3. The molecule has 3 rings (SSSR count). The first-order valence-electron chi connectivity index (χ1n) is 6.67. The average Bonchev–Trinajstić information content (AvgIpc) is 2.77. The van der Waals surface area contributed by atoms with E-state index in [1.165, 1.54) is 0 Å². The molecule has 1 heterocycles. The summed E-state index contributed by atoms with van der Waals surface area (Å²) in [6.45, 7) is 2.91. The van der Waals surface area contributed by atoms with Crippen molar-refractivity contribution in [1.82, 2.24) is 4.90 Å². The maximum atomic E-state index is 12.3. The van der Waals surface area contributed by atoms with E-state index in [1.54, 1.807) is 0 Å². The fourth-order valence-corrected chi connectivity index (χ4v) is 2.48. The summed E-state index contributed by atoms with van der Waals surface area (Å²) in [4.78, 5) is 14.1. The molecule has 0 aromatic heterocycles. The number of hydrogen-bond donors (Lipinski definition) is 1. The molecule has 0 saturated heterocycles. The largest absolute Gasteiger partial charge is 0.345 e. The Hall–Kier alpha value is -2.42. The molecule has 0 atom stereocenters. The molecule has 0 fully saturated rings. The van der Waals surface area contributed by atoms with Crippen LogP contribution in [0, 0.1) is 12.3 Å². The number of nitrogens with zero attached hydrogens (tertiary/aromatic N) is 1. The first-order valence-corrected chi connectivity index (χ1v) is 6.67. The third-order valence-electron chi connectivity index (χ3n) is 3.66. The van der Waals surface area contributed by atoms with Gasteiger partial charge in [0.2, 0.25) is 0 Å². The molecule has 0 radical (unpaired) electrons. The minimum atomic E-state index is 0.0579. The molecule has 0 unspecified atom stereocenters. The molecule has 0 spiro atoms. The molecule has 1 aliphatic rings. The summed E-state index contributed by atoms with van der Waals surface area (Å²) in [6.07, 6.45) is 0. The van der Waals surface area contributed by atoms with Crippen molar-refractivity contribution < 1.29 is 4.79 Å². The van der Waals surface area contributed by atoms with Gasteiger partial charge in [-0.25, -0.2) is 0 Å².